The molecule has 0 saturated heterocycles. The largest absolute Gasteiger partial charge is 0.481 e. The summed E-state index contributed by atoms with van der Waals surface area (Å²) in [7, 11) is 0. The number of halogens is 5. The van der Waals surface area contributed by atoms with Crippen molar-refractivity contribution in [2.45, 2.75) is 19.0 Å². The third kappa shape index (κ3) is 3.36. The number of nitrogens with zero attached hydrogens (tertiary/aromatic N) is 1. The summed E-state index contributed by atoms with van der Waals surface area (Å²) < 4.78 is 61.8. The summed E-state index contributed by atoms with van der Waals surface area (Å²) in [5.74, 6) is -1.37. The van der Waals surface area contributed by atoms with Crippen LogP contribution in [0, 0.1) is 0 Å². The maximum atomic E-state index is 12.4. The summed E-state index contributed by atoms with van der Waals surface area (Å²) in [4.78, 5) is 13.3. The van der Waals surface area contributed by atoms with Crippen LogP contribution in [0.4, 0.5) is 22.0 Å². The quantitative estimate of drug-likeness (QED) is 0.845. The van der Waals surface area contributed by atoms with Crippen molar-refractivity contribution in [3.05, 3.63) is 29.1 Å². The molecule has 17 heavy (non-hydrogen) atoms. The van der Waals surface area contributed by atoms with Gasteiger partial charge in [0.05, 0.1) is 12.0 Å². The molecule has 94 valence electrons. The Balaban J connectivity index is 3.24. The summed E-state index contributed by atoms with van der Waals surface area (Å²) in [6.07, 6.45) is -8.37. The number of alkyl halides is 5. The van der Waals surface area contributed by atoms with Gasteiger partial charge in [-0.3, -0.25) is 9.78 Å². The Labute approximate surface area is 91.9 Å². The van der Waals surface area contributed by atoms with E-state index in [4.69, 9.17) is 5.11 Å². The van der Waals surface area contributed by atoms with Gasteiger partial charge in [0.25, 0.3) is 6.43 Å². The molecule has 0 radical (unpaired) electrons. The smallest absolute Gasteiger partial charge is 0.418 e. The first-order valence-electron chi connectivity index (χ1n) is 4.27. The van der Waals surface area contributed by atoms with Gasteiger partial charge < -0.3 is 5.11 Å². The van der Waals surface area contributed by atoms with E-state index in [9.17, 15) is 26.7 Å². The van der Waals surface area contributed by atoms with E-state index in [1.165, 1.54) is 0 Å². The predicted molar refractivity (Wildman–Crippen MR) is 45.5 cm³/mol. The highest BCUT2D eigenvalue weighted by Crippen LogP contribution is 2.35. The van der Waals surface area contributed by atoms with Crippen molar-refractivity contribution in [2.24, 2.45) is 0 Å². The molecule has 3 nitrogen and oxygen atoms in total. The molecule has 1 aromatic heterocycles. The number of pyridine rings is 1. The maximum absolute atomic E-state index is 12.4. The SMILES string of the molecule is O=C(O)Cc1cnc(C(F)F)c(C(F)(F)F)c1. The van der Waals surface area contributed by atoms with Crippen LogP contribution in [0.3, 0.4) is 0 Å². The summed E-state index contributed by atoms with van der Waals surface area (Å²) in [6, 6.07) is 0.378. The zero-order valence-corrected chi connectivity index (χ0v) is 8.13. The van der Waals surface area contributed by atoms with Gasteiger partial charge in [0.1, 0.15) is 5.69 Å². The Morgan fingerprint density at radius 3 is 2.41 bits per heavy atom. The third-order valence-electron chi connectivity index (χ3n) is 1.84. The minimum absolute atomic E-state index is 0.283. The van der Waals surface area contributed by atoms with Crippen molar-refractivity contribution >= 4 is 5.97 Å². The highest BCUT2D eigenvalue weighted by Gasteiger charge is 2.37. The van der Waals surface area contributed by atoms with Gasteiger partial charge in [-0.05, 0) is 11.6 Å². The number of aliphatic carboxylic acids is 1. The number of rotatable bonds is 3. The highest BCUT2D eigenvalue weighted by atomic mass is 19.4. The molecular weight excluding hydrogens is 249 g/mol. The van der Waals surface area contributed by atoms with Crippen molar-refractivity contribution in [3.63, 3.8) is 0 Å². The molecule has 0 aromatic carbocycles. The first-order valence-corrected chi connectivity index (χ1v) is 4.27. The van der Waals surface area contributed by atoms with Crippen LogP contribution in [0.1, 0.15) is 23.2 Å². The second-order valence-corrected chi connectivity index (χ2v) is 3.15. The van der Waals surface area contributed by atoms with E-state index in [2.05, 4.69) is 4.98 Å². The number of carboxylic acids is 1. The molecule has 1 N–H and O–H groups in total. The van der Waals surface area contributed by atoms with Gasteiger partial charge in [-0.2, -0.15) is 13.2 Å². The van der Waals surface area contributed by atoms with E-state index in [0.29, 0.717) is 12.3 Å². The second kappa shape index (κ2) is 4.64. The zero-order chi connectivity index (χ0) is 13.2. The number of carbonyl (C=O) groups is 1. The lowest BCUT2D eigenvalue weighted by Gasteiger charge is -2.12. The molecule has 0 amide bonds. The molecule has 0 atom stereocenters. The van der Waals surface area contributed by atoms with Crippen LogP contribution in [0.25, 0.3) is 0 Å². The number of hydrogen-bond donors (Lipinski definition) is 1. The molecule has 8 heteroatoms. The van der Waals surface area contributed by atoms with Gasteiger partial charge in [-0.15, -0.1) is 0 Å². The minimum atomic E-state index is -4.99. The van der Waals surface area contributed by atoms with Gasteiger partial charge in [0.15, 0.2) is 0 Å². The predicted octanol–water partition coefficient (Wildman–Crippen LogP) is 2.67. The molecule has 1 heterocycles. The van der Waals surface area contributed by atoms with Gasteiger partial charge in [0, 0.05) is 6.20 Å². The molecule has 0 fully saturated rings. The molecule has 0 unspecified atom stereocenters. The Morgan fingerprint density at radius 1 is 1.41 bits per heavy atom. The molecule has 1 rings (SSSR count). The monoisotopic (exact) mass is 255 g/mol. The summed E-state index contributed by atoms with van der Waals surface area (Å²) in [6.45, 7) is 0. The molecule has 1 aromatic rings. The van der Waals surface area contributed by atoms with Crippen molar-refractivity contribution < 1.29 is 31.9 Å². The number of aromatic nitrogens is 1. The van der Waals surface area contributed by atoms with Crippen molar-refractivity contribution in [2.75, 3.05) is 0 Å². The second-order valence-electron chi connectivity index (χ2n) is 3.15. The standard InChI is InChI=1S/C9H6F5NO2/c10-8(11)7-5(9(12,13)14)1-4(3-15-7)2-6(16)17/h1,3,8H,2H2,(H,16,17). The van der Waals surface area contributed by atoms with Crippen LogP contribution in [0.15, 0.2) is 12.3 Å². The fourth-order valence-corrected chi connectivity index (χ4v) is 1.19. The summed E-state index contributed by atoms with van der Waals surface area (Å²) in [5, 5.41) is 8.38. The zero-order valence-electron chi connectivity index (χ0n) is 8.13. The van der Waals surface area contributed by atoms with Crippen LogP contribution in [0.2, 0.25) is 0 Å². The van der Waals surface area contributed by atoms with Gasteiger partial charge in [0.2, 0.25) is 0 Å². The van der Waals surface area contributed by atoms with E-state index < -0.39 is 36.2 Å². The lowest BCUT2D eigenvalue weighted by atomic mass is 10.1. The minimum Gasteiger partial charge on any atom is -0.481 e. The fourth-order valence-electron chi connectivity index (χ4n) is 1.19. The molecule has 0 spiro atoms. The van der Waals surface area contributed by atoms with Crippen LogP contribution < -0.4 is 0 Å². The Kier molecular flexibility index (Phi) is 3.64. The lowest BCUT2D eigenvalue weighted by molar-refractivity contribution is -0.140. The van der Waals surface area contributed by atoms with E-state index in [1.54, 1.807) is 0 Å². The van der Waals surface area contributed by atoms with Gasteiger partial charge >= 0.3 is 12.1 Å². The average Bonchev–Trinajstić information content (AvgIpc) is 2.14. The molecule has 0 aliphatic carbocycles. The van der Waals surface area contributed by atoms with Crippen LogP contribution in [0.5, 0.6) is 0 Å². The van der Waals surface area contributed by atoms with E-state index in [0.717, 1.165) is 0 Å². The Morgan fingerprint density at radius 2 is 2.00 bits per heavy atom. The molecule has 0 aliphatic rings. The Hall–Kier alpha value is -1.73. The van der Waals surface area contributed by atoms with Gasteiger partial charge in [-0.1, -0.05) is 0 Å². The molecule has 0 bridgehead atoms. The highest BCUT2D eigenvalue weighted by molar-refractivity contribution is 5.70. The molecule has 0 saturated carbocycles. The fraction of sp³-hybridized carbons (Fsp3) is 0.333. The Bertz CT molecular complexity index is 430. The molecule has 0 aliphatic heterocycles. The molecular formula is C9H6F5NO2. The summed E-state index contributed by atoms with van der Waals surface area (Å²) in [5.41, 5.74) is -3.29. The van der Waals surface area contributed by atoms with Crippen molar-refractivity contribution in [1.29, 1.82) is 0 Å². The lowest BCUT2D eigenvalue weighted by Crippen LogP contribution is -2.13. The van der Waals surface area contributed by atoms with E-state index in [1.807, 2.05) is 0 Å². The number of carboxylic acid groups (broad SMARTS) is 1. The number of hydrogen-bond acceptors (Lipinski definition) is 2. The first kappa shape index (κ1) is 13.3. The topological polar surface area (TPSA) is 50.2 Å². The first-order chi connectivity index (χ1) is 7.71. The van der Waals surface area contributed by atoms with Crippen molar-refractivity contribution in [3.8, 4) is 0 Å². The van der Waals surface area contributed by atoms with Crippen LogP contribution in [-0.4, -0.2) is 16.1 Å². The van der Waals surface area contributed by atoms with Gasteiger partial charge in [-0.25, -0.2) is 8.78 Å². The van der Waals surface area contributed by atoms with Crippen molar-refractivity contribution in [1.82, 2.24) is 4.98 Å². The average molecular weight is 255 g/mol. The normalized spacial score (nSPS) is 11.9. The van der Waals surface area contributed by atoms with Crippen LogP contribution in [-0.2, 0) is 17.4 Å². The maximum Gasteiger partial charge on any atom is 0.418 e. The third-order valence-corrected chi connectivity index (χ3v) is 1.84. The van der Waals surface area contributed by atoms with Crippen LogP contribution >= 0.6 is 0 Å². The van der Waals surface area contributed by atoms with E-state index in [-0.39, 0.29) is 5.56 Å². The summed E-state index contributed by atoms with van der Waals surface area (Å²) >= 11 is 0. The van der Waals surface area contributed by atoms with E-state index >= 15 is 0 Å².